The average molecular weight is 557 g/mol. The zero-order valence-corrected chi connectivity index (χ0v) is 23.6. The number of para-hydroxylation sites is 2. The Bertz CT molecular complexity index is 940. The highest BCUT2D eigenvalue weighted by Crippen LogP contribution is 2.48. The largest absolute Gasteiger partial charge is 0.461 e. The first-order valence-electron chi connectivity index (χ1n) is 13.9. The molecule has 0 atom stereocenters. The van der Waals surface area contributed by atoms with E-state index in [2.05, 4.69) is 27.9 Å². The summed E-state index contributed by atoms with van der Waals surface area (Å²) in [6.07, 6.45) is 13.4. The lowest BCUT2D eigenvalue weighted by Gasteiger charge is -2.38. The van der Waals surface area contributed by atoms with Gasteiger partial charge >= 0.3 is 5.97 Å². The van der Waals surface area contributed by atoms with Gasteiger partial charge in [0.2, 0.25) is 0 Å². The second-order valence-corrected chi connectivity index (χ2v) is 11.5. The molecule has 2 aliphatic rings. The van der Waals surface area contributed by atoms with Crippen LogP contribution in [0.4, 0.5) is 0 Å². The van der Waals surface area contributed by atoms with E-state index in [-0.39, 0.29) is 12.1 Å². The van der Waals surface area contributed by atoms with Crippen LogP contribution in [0.5, 0.6) is 11.5 Å². The van der Waals surface area contributed by atoms with Crippen molar-refractivity contribution in [3.8, 4) is 11.5 Å². The molecule has 0 saturated heterocycles. The van der Waals surface area contributed by atoms with Gasteiger partial charge in [-0.15, -0.1) is 0 Å². The predicted molar refractivity (Wildman–Crippen MR) is 150 cm³/mol. The van der Waals surface area contributed by atoms with Crippen molar-refractivity contribution in [2.24, 2.45) is 0 Å². The van der Waals surface area contributed by atoms with E-state index in [1.165, 1.54) is 51.5 Å². The number of ether oxygens (including phenoxy) is 2. The van der Waals surface area contributed by atoms with Gasteiger partial charge in [-0.1, -0.05) is 84.4 Å². The van der Waals surface area contributed by atoms with Gasteiger partial charge in [0, 0.05) is 22.5 Å². The zero-order valence-electron chi connectivity index (χ0n) is 22.0. The lowest BCUT2D eigenvalue weighted by Crippen LogP contribution is -2.42. The highest BCUT2D eigenvalue weighted by atomic mass is 79.9. The van der Waals surface area contributed by atoms with Crippen molar-refractivity contribution in [2.75, 3.05) is 18.9 Å². The van der Waals surface area contributed by atoms with E-state index >= 15 is 0 Å². The van der Waals surface area contributed by atoms with Crippen LogP contribution in [0, 0.1) is 0 Å². The zero-order chi connectivity index (χ0) is 25.4. The highest BCUT2D eigenvalue weighted by molar-refractivity contribution is 9.09. The van der Waals surface area contributed by atoms with E-state index in [4.69, 9.17) is 9.47 Å². The molecule has 0 aromatic heterocycles. The molecule has 0 spiro atoms. The lowest BCUT2D eigenvalue weighted by molar-refractivity contribution is -0.156. The summed E-state index contributed by atoms with van der Waals surface area (Å²) in [6.45, 7) is 3.15. The summed E-state index contributed by atoms with van der Waals surface area (Å²) < 4.78 is 12.3. The van der Waals surface area contributed by atoms with Crippen LogP contribution in [0.15, 0.2) is 48.5 Å². The molecule has 2 aromatic rings. The molecule has 0 amide bonds. The van der Waals surface area contributed by atoms with Gasteiger partial charge in [-0.3, -0.25) is 4.79 Å². The van der Waals surface area contributed by atoms with Crippen LogP contribution in [0.1, 0.15) is 88.7 Å². The molecule has 0 bridgehead atoms. The van der Waals surface area contributed by atoms with Crippen molar-refractivity contribution in [3.05, 3.63) is 59.7 Å². The van der Waals surface area contributed by atoms with E-state index in [1.807, 2.05) is 55.5 Å². The Hall–Kier alpha value is -1.85. The molecule has 0 N–H and O–H groups in total. The first-order chi connectivity index (χ1) is 17.5. The molecular weight excluding hydrogens is 514 g/mol. The first-order valence-corrected chi connectivity index (χ1v) is 15.0. The molecule has 2 aromatic carbocycles. The summed E-state index contributed by atoms with van der Waals surface area (Å²) in [5.74, 6) is 1.30. The minimum Gasteiger partial charge on any atom is -0.461 e. The van der Waals surface area contributed by atoms with Crippen molar-refractivity contribution in [1.29, 1.82) is 0 Å². The molecule has 36 heavy (non-hydrogen) atoms. The molecule has 1 heterocycles. The minimum atomic E-state index is -0.868. The van der Waals surface area contributed by atoms with Gasteiger partial charge in [-0.05, 0) is 71.2 Å². The van der Waals surface area contributed by atoms with Gasteiger partial charge in [-0.2, -0.15) is 0 Å². The second kappa shape index (κ2) is 13.1. The minimum absolute atomic E-state index is 0.0133. The SMILES string of the molecule is CN(CCCCCCCCCBr)[C@H]1CC[C@H](OC(=O)C2(C)c3ccccc3Oc3ccccc32)CC1. The summed E-state index contributed by atoms with van der Waals surface area (Å²) in [5, 5.41) is 1.13. The van der Waals surface area contributed by atoms with Gasteiger partial charge in [0.1, 0.15) is 23.0 Å². The number of carbonyl (C=O) groups is 1. The standard InChI is InChI=1S/C31H42BrNO3/c1-31(26-14-8-10-16-28(26)36-29-17-11-9-15-27(29)31)30(34)35-25-20-18-24(19-21-25)33(2)23-13-7-5-3-4-6-12-22-32/h8-11,14-17,24-25H,3-7,12-13,18-23H2,1-2H3/t24-,25-. The maximum absolute atomic E-state index is 13.7. The van der Waals surface area contributed by atoms with Crippen LogP contribution in [0.2, 0.25) is 0 Å². The van der Waals surface area contributed by atoms with E-state index in [0.29, 0.717) is 6.04 Å². The molecule has 196 valence electrons. The Labute approximate surface area is 225 Å². The number of hydrogen-bond donors (Lipinski definition) is 0. The Balaban J connectivity index is 1.26. The number of alkyl halides is 1. The third-order valence-electron chi connectivity index (χ3n) is 8.16. The van der Waals surface area contributed by atoms with E-state index in [0.717, 1.165) is 53.6 Å². The van der Waals surface area contributed by atoms with Crippen molar-refractivity contribution in [3.63, 3.8) is 0 Å². The number of carbonyl (C=O) groups excluding carboxylic acids is 1. The van der Waals surface area contributed by atoms with E-state index in [9.17, 15) is 4.79 Å². The molecule has 0 radical (unpaired) electrons. The third-order valence-corrected chi connectivity index (χ3v) is 8.73. The van der Waals surface area contributed by atoms with Crippen molar-refractivity contribution in [1.82, 2.24) is 4.90 Å². The normalized spacial score (nSPS) is 20.3. The van der Waals surface area contributed by atoms with Crippen LogP contribution in [0.3, 0.4) is 0 Å². The van der Waals surface area contributed by atoms with E-state index in [1.54, 1.807) is 0 Å². The topological polar surface area (TPSA) is 38.8 Å². The molecular formula is C31H42BrNO3. The number of esters is 1. The summed E-state index contributed by atoms with van der Waals surface area (Å²) in [4.78, 5) is 16.3. The molecule has 5 heteroatoms. The molecule has 1 aliphatic carbocycles. The number of unbranched alkanes of at least 4 members (excludes halogenated alkanes) is 6. The maximum Gasteiger partial charge on any atom is 0.321 e. The summed E-state index contributed by atoms with van der Waals surface area (Å²) in [6, 6.07) is 16.3. The fourth-order valence-electron chi connectivity index (χ4n) is 5.82. The van der Waals surface area contributed by atoms with Gasteiger partial charge in [0.15, 0.2) is 0 Å². The van der Waals surface area contributed by atoms with Crippen LogP contribution in [-0.4, -0.2) is 41.9 Å². The number of rotatable bonds is 12. The monoisotopic (exact) mass is 555 g/mol. The molecule has 4 nitrogen and oxygen atoms in total. The summed E-state index contributed by atoms with van der Waals surface area (Å²) in [7, 11) is 2.27. The molecule has 1 aliphatic heterocycles. The van der Waals surface area contributed by atoms with E-state index < -0.39 is 5.41 Å². The van der Waals surface area contributed by atoms with Crippen molar-refractivity contribution >= 4 is 21.9 Å². The molecule has 0 unspecified atom stereocenters. The van der Waals surface area contributed by atoms with Crippen molar-refractivity contribution in [2.45, 2.75) is 95.1 Å². The van der Waals surface area contributed by atoms with Gasteiger partial charge in [0.05, 0.1) is 0 Å². The first kappa shape index (κ1) is 27.2. The Morgan fingerprint density at radius 3 is 2.00 bits per heavy atom. The van der Waals surface area contributed by atoms with Crippen LogP contribution < -0.4 is 4.74 Å². The number of hydrogen-bond acceptors (Lipinski definition) is 4. The summed E-state index contributed by atoms with van der Waals surface area (Å²) in [5.41, 5.74) is 0.892. The number of fused-ring (bicyclic) bond motifs is 2. The summed E-state index contributed by atoms with van der Waals surface area (Å²) >= 11 is 3.51. The Kier molecular flexibility index (Phi) is 9.89. The number of benzene rings is 2. The van der Waals surface area contributed by atoms with Gasteiger partial charge in [0.25, 0.3) is 0 Å². The second-order valence-electron chi connectivity index (χ2n) is 10.7. The lowest BCUT2D eigenvalue weighted by atomic mass is 9.74. The maximum atomic E-state index is 13.7. The molecule has 1 fully saturated rings. The molecule has 4 rings (SSSR count). The van der Waals surface area contributed by atoms with Crippen LogP contribution in [0.25, 0.3) is 0 Å². The van der Waals surface area contributed by atoms with Crippen LogP contribution >= 0.6 is 15.9 Å². The van der Waals surface area contributed by atoms with Gasteiger partial charge in [-0.25, -0.2) is 0 Å². The van der Waals surface area contributed by atoms with Crippen LogP contribution in [-0.2, 0) is 14.9 Å². The van der Waals surface area contributed by atoms with Gasteiger partial charge < -0.3 is 14.4 Å². The Morgan fingerprint density at radius 1 is 0.889 bits per heavy atom. The fraction of sp³-hybridized carbons (Fsp3) is 0.581. The highest BCUT2D eigenvalue weighted by Gasteiger charge is 2.46. The predicted octanol–water partition coefficient (Wildman–Crippen LogP) is 8.01. The Morgan fingerprint density at radius 2 is 1.42 bits per heavy atom. The third kappa shape index (κ3) is 6.34. The fourth-order valence-corrected chi connectivity index (χ4v) is 6.21. The quantitative estimate of drug-likeness (QED) is 0.151. The number of nitrogens with zero attached hydrogens (tertiary/aromatic N) is 1. The average Bonchev–Trinajstić information content (AvgIpc) is 2.90. The molecule has 1 saturated carbocycles. The van der Waals surface area contributed by atoms with Crippen molar-refractivity contribution < 1.29 is 14.3 Å². The number of halogens is 1. The smallest absolute Gasteiger partial charge is 0.321 e.